The highest BCUT2D eigenvalue weighted by Crippen LogP contribution is 2.21. The van der Waals surface area contributed by atoms with Gasteiger partial charge in [0.2, 0.25) is 0 Å². The Kier molecular flexibility index (Phi) is 5.62. The molecule has 0 radical (unpaired) electrons. The maximum Gasteiger partial charge on any atom is 0.0237 e. The molecule has 2 heteroatoms. The van der Waals surface area contributed by atoms with Gasteiger partial charge in [0.25, 0.3) is 0 Å². The molecular weight excluding hydrogens is 280 g/mol. The Morgan fingerprint density at radius 2 is 1.61 bits per heavy atom. The summed E-state index contributed by atoms with van der Waals surface area (Å²) in [5.74, 6) is 0.656. The van der Waals surface area contributed by atoms with Gasteiger partial charge in [-0.05, 0) is 30.0 Å². The van der Waals surface area contributed by atoms with Crippen molar-refractivity contribution in [1.82, 2.24) is 10.2 Å². The Morgan fingerprint density at radius 3 is 2.30 bits per heavy atom. The molecule has 1 aliphatic rings. The third kappa shape index (κ3) is 5.05. The van der Waals surface area contributed by atoms with E-state index >= 15 is 0 Å². The molecule has 0 aromatic heterocycles. The molecule has 1 heterocycles. The number of hydrogen-bond acceptors (Lipinski definition) is 2. The molecule has 0 spiro atoms. The van der Waals surface area contributed by atoms with Crippen LogP contribution in [-0.2, 0) is 13.1 Å². The minimum absolute atomic E-state index is 0.656. The molecule has 120 valence electrons. The Morgan fingerprint density at radius 1 is 0.957 bits per heavy atom. The monoisotopic (exact) mass is 306 g/mol. The van der Waals surface area contributed by atoms with Crippen molar-refractivity contribution in [3.8, 4) is 0 Å². The molecule has 2 aromatic carbocycles. The Labute approximate surface area is 139 Å². The van der Waals surface area contributed by atoms with Crippen molar-refractivity contribution in [1.29, 1.82) is 0 Å². The SMILES string of the molecule is C=C1CC(CNCc2ccccc2)CN(Cc2ccccc2)C1. The predicted molar refractivity (Wildman–Crippen MR) is 97.1 cm³/mol. The maximum absolute atomic E-state index is 4.25. The Bertz CT molecular complexity index is 606. The number of nitrogens with zero attached hydrogens (tertiary/aromatic N) is 1. The summed E-state index contributed by atoms with van der Waals surface area (Å²) < 4.78 is 0. The van der Waals surface area contributed by atoms with Crippen molar-refractivity contribution in [3.63, 3.8) is 0 Å². The number of rotatable bonds is 6. The second-order valence-electron chi connectivity index (χ2n) is 6.59. The molecule has 2 nitrogen and oxygen atoms in total. The van der Waals surface area contributed by atoms with Crippen LogP contribution in [0, 0.1) is 5.92 Å². The van der Waals surface area contributed by atoms with Crippen LogP contribution < -0.4 is 5.32 Å². The van der Waals surface area contributed by atoms with E-state index in [0.29, 0.717) is 5.92 Å². The van der Waals surface area contributed by atoms with E-state index in [1.54, 1.807) is 0 Å². The van der Waals surface area contributed by atoms with Gasteiger partial charge in [-0.1, -0.05) is 72.8 Å². The van der Waals surface area contributed by atoms with Crippen LogP contribution in [0.5, 0.6) is 0 Å². The first-order valence-electron chi connectivity index (χ1n) is 8.47. The van der Waals surface area contributed by atoms with Gasteiger partial charge < -0.3 is 5.32 Å². The average Bonchev–Trinajstić information content (AvgIpc) is 2.56. The minimum Gasteiger partial charge on any atom is -0.312 e. The Hall–Kier alpha value is -1.90. The summed E-state index contributed by atoms with van der Waals surface area (Å²) in [5.41, 5.74) is 4.10. The lowest BCUT2D eigenvalue weighted by Gasteiger charge is -2.34. The lowest BCUT2D eigenvalue weighted by molar-refractivity contribution is 0.201. The lowest BCUT2D eigenvalue weighted by Crippen LogP contribution is -2.40. The summed E-state index contributed by atoms with van der Waals surface area (Å²) in [4.78, 5) is 2.52. The average molecular weight is 306 g/mol. The third-order valence-electron chi connectivity index (χ3n) is 4.39. The van der Waals surface area contributed by atoms with E-state index in [4.69, 9.17) is 0 Å². The molecule has 3 rings (SSSR count). The fraction of sp³-hybridized carbons (Fsp3) is 0.333. The normalized spacial score (nSPS) is 19.0. The third-order valence-corrected chi connectivity index (χ3v) is 4.39. The molecule has 23 heavy (non-hydrogen) atoms. The van der Waals surface area contributed by atoms with Crippen LogP contribution in [0.3, 0.4) is 0 Å². The second-order valence-corrected chi connectivity index (χ2v) is 6.59. The van der Waals surface area contributed by atoms with Crippen LogP contribution in [0.25, 0.3) is 0 Å². The van der Waals surface area contributed by atoms with Crippen LogP contribution in [0.2, 0.25) is 0 Å². The largest absolute Gasteiger partial charge is 0.312 e. The van der Waals surface area contributed by atoms with E-state index in [1.807, 2.05) is 0 Å². The molecule has 0 bridgehead atoms. The van der Waals surface area contributed by atoms with Crippen molar-refractivity contribution >= 4 is 0 Å². The van der Waals surface area contributed by atoms with E-state index in [-0.39, 0.29) is 0 Å². The van der Waals surface area contributed by atoms with Crippen molar-refractivity contribution in [2.45, 2.75) is 19.5 Å². The zero-order valence-electron chi connectivity index (χ0n) is 13.7. The van der Waals surface area contributed by atoms with Gasteiger partial charge in [0.15, 0.2) is 0 Å². The molecule has 1 fully saturated rings. The van der Waals surface area contributed by atoms with Gasteiger partial charge in [0, 0.05) is 26.2 Å². The van der Waals surface area contributed by atoms with E-state index in [2.05, 4.69) is 77.5 Å². The standard InChI is InChI=1S/C21H26N2/c1-18-12-21(14-22-13-19-8-4-2-5-9-19)17-23(15-18)16-20-10-6-3-7-11-20/h2-11,21-22H,1,12-17H2. The molecule has 1 atom stereocenters. The van der Waals surface area contributed by atoms with E-state index in [0.717, 1.165) is 39.1 Å². The molecule has 0 amide bonds. The van der Waals surface area contributed by atoms with Crippen molar-refractivity contribution in [3.05, 3.63) is 83.9 Å². The number of nitrogens with one attached hydrogen (secondary N) is 1. The number of benzene rings is 2. The van der Waals surface area contributed by atoms with Gasteiger partial charge in [-0.3, -0.25) is 4.90 Å². The highest BCUT2D eigenvalue weighted by atomic mass is 15.1. The summed E-state index contributed by atoms with van der Waals surface area (Å²) in [6.07, 6.45) is 1.15. The molecular formula is C21H26N2. The fourth-order valence-corrected chi connectivity index (χ4v) is 3.40. The van der Waals surface area contributed by atoms with Gasteiger partial charge in [-0.15, -0.1) is 0 Å². The fourth-order valence-electron chi connectivity index (χ4n) is 3.40. The first-order valence-corrected chi connectivity index (χ1v) is 8.47. The van der Waals surface area contributed by atoms with E-state index in [9.17, 15) is 0 Å². The summed E-state index contributed by atoms with van der Waals surface area (Å²) in [6, 6.07) is 21.3. The smallest absolute Gasteiger partial charge is 0.0237 e. The molecule has 1 saturated heterocycles. The van der Waals surface area contributed by atoms with Crippen molar-refractivity contribution in [2.24, 2.45) is 5.92 Å². The lowest BCUT2D eigenvalue weighted by atomic mass is 9.94. The van der Waals surface area contributed by atoms with Gasteiger partial charge in [-0.2, -0.15) is 0 Å². The minimum atomic E-state index is 0.656. The maximum atomic E-state index is 4.25. The van der Waals surface area contributed by atoms with Crippen LogP contribution in [0.4, 0.5) is 0 Å². The first-order chi connectivity index (χ1) is 11.3. The van der Waals surface area contributed by atoms with Gasteiger partial charge in [0.1, 0.15) is 0 Å². The topological polar surface area (TPSA) is 15.3 Å². The van der Waals surface area contributed by atoms with Crippen LogP contribution >= 0.6 is 0 Å². The molecule has 0 saturated carbocycles. The van der Waals surface area contributed by atoms with E-state index in [1.165, 1.54) is 16.7 Å². The van der Waals surface area contributed by atoms with E-state index < -0.39 is 0 Å². The highest BCUT2D eigenvalue weighted by Gasteiger charge is 2.21. The zero-order chi connectivity index (χ0) is 15.9. The number of hydrogen-bond donors (Lipinski definition) is 1. The Balaban J connectivity index is 1.48. The first kappa shape index (κ1) is 16.0. The van der Waals surface area contributed by atoms with Crippen LogP contribution in [0.15, 0.2) is 72.8 Å². The van der Waals surface area contributed by atoms with Gasteiger partial charge in [-0.25, -0.2) is 0 Å². The number of piperidine rings is 1. The van der Waals surface area contributed by atoms with Crippen LogP contribution in [0.1, 0.15) is 17.5 Å². The highest BCUT2D eigenvalue weighted by molar-refractivity contribution is 5.16. The summed E-state index contributed by atoms with van der Waals surface area (Å²) in [7, 11) is 0. The molecule has 1 aliphatic heterocycles. The van der Waals surface area contributed by atoms with Gasteiger partial charge >= 0.3 is 0 Å². The van der Waals surface area contributed by atoms with Crippen molar-refractivity contribution in [2.75, 3.05) is 19.6 Å². The molecule has 2 aromatic rings. The summed E-state index contributed by atoms with van der Waals surface area (Å²) in [6.45, 7) is 9.46. The van der Waals surface area contributed by atoms with Crippen LogP contribution in [-0.4, -0.2) is 24.5 Å². The predicted octanol–water partition coefficient (Wildman–Crippen LogP) is 3.85. The summed E-state index contributed by atoms with van der Waals surface area (Å²) >= 11 is 0. The quantitative estimate of drug-likeness (QED) is 0.815. The second kappa shape index (κ2) is 8.09. The summed E-state index contributed by atoms with van der Waals surface area (Å²) in [5, 5.41) is 3.61. The molecule has 1 N–H and O–H groups in total. The number of likely N-dealkylation sites (tertiary alicyclic amines) is 1. The molecule has 0 aliphatic carbocycles. The van der Waals surface area contributed by atoms with Crippen molar-refractivity contribution < 1.29 is 0 Å². The molecule has 1 unspecified atom stereocenters. The zero-order valence-corrected chi connectivity index (χ0v) is 13.7. The van der Waals surface area contributed by atoms with Gasteiger partial charge in [0.05, 0.1) is 0 Å².